The highest BCUT2D eigenvalue weighted by Crippen LogP contribution is 2.41. The van der Waals surface area contributed by atoms with Crippen LogP contribution in [0.3, 0.4) is 0 Å². The minimum absolute atomic E-state index is 0.101. The Bertz CT molecular complexity index is 2050. The van der Waals surface area contributed by atoms with Gasteiger partial charge in [0.1, 0.15) is 24.3 Å². The molecule has 0 saturated heterocycles. The van der Waals surface area contributed by atoms with Gasteiger partial charge in [-0.15, -0.1) is 0 Å². The van der Waals surface area contributed by atoms with E-state index in [0.29, 0.717) is 16.7 Å². The first-order valence-corrected chi connectivity index (χ1v) is 13.5. The molecule has 196 valence electrons. The fraction of sp³-hybridized carbons (Fsp3) is 0.189. The van der Waals surface area contributed by atoms with Gasteiger partial charge >= 0.3 is 0 Å². The van der Waals surface area contributed by atoms with Crippen LogP contribution in [0.1, 0.15) is 47.1 Å². The SMILES string of the molecule is [2H]C([2H])([2H])c1cc[n+](C)c(-c2c(C)ccc3c2oc2c(C#N)c(-c4ccc(-c5ccc(C(C)(C)C)cc5)cc4)ccc23)c1. The van der Waals surface area contributed by atoms with Crippen molar-refractivity contribution in [2.24, 2.45) is 7.05 Å². The van der Waals surface area contributed by atoms with Crippen LogP contribution in [-0.4, -0.2) is 0 Å². The number of benzene rings is 4. The van der Waals surface area contributed by atoms with Gasteiger partial charge in [-0.05, 0) is 58.6 Å². The fourth-order valence-electron chi connectivity index (χ4n) is 5.49. The molecule has 0 fully saturated rings. The Morgan fingerprint density at radius 2 is 1.43 bits per heavy atom. The van der Waals surface area contributed by atoms with Crippen LogP contribution >= 0.6 is 0 Å². The first-order valence-electron chi connectivity index (χ1n) is 15.0. The lowest BCUT2D eigenvalue weighted by Gasteiger charge is -2.19. The standard InChI is InChI=1S/C37H33N2O/c1-23-19-20-39(6)33(21-23)34-24(2)7-16-31-30-18-17-29(32(22-38)35(30)40-36(31)34)27-10-8-25(9-11-27)26-12-14-28(15-13-26)37(3,4)5/h7-21H,1-6H3/q+1/i1D3. The molecule has 6 rings (SSSR count). The number of aryl methyl sites for hydroxylation is 3. The van der Waals surface area contributed by atoms with Crippen LogP contribution in [0.4, 0.5) is 0 Å². The Balaban J connectivity index is 1.47. The summed E-state index contributed by atoms with van der Waals surface area (Å²) in [5.74, 6) is 0. The summed E-state index contributed by atoms with van der Waals surface area (Å²) in [6, 6.07) is 30.7. The normalized spacial score (nSPS) is 13.2. The van der Waals surface area contributed by atoms with Gasteiger partial charge in [0.25, 0.3) is 0 Å². The number of nitriles is 1. The molecule has 0 unspecified atom stereocenters. The first kappa shape index (κ1) is 22.2. The molecule has 6 aromatic rings. The molecule has 0 atom stereocenters. The van der Waals surface area contributed by atoms with E-state index >= 15 is 0 Å². The highest BCUT2D eigenvalue weighted by Gasteiger charge is 2.23. The number of furan rings is 1. The predicted molar refractivity (Wildman–Crippen MR) is 164 cm³/mol. The number of hydrogen-bond acceptors (Lipinski definition) is 2. The molecule has 0 spiro atoms. The van der Waals surface area contributed by atoms with Crippen LogP contribution in [0.15, 0.2) is 95.5 Å². The Kier molecular flexibility index (Phi) is 5.27. The third-order valence-electron chi connectivity index (χ3n) is 7.82. The zero-order valence-corrected chi connectivity index (χ0v) is 23.5. The predicted octanol–water partition coefficient (Wildman–Crippen LogP) is 9.20. The van der Waals surface area contributed by atoms with Crippen LogP contribution in [-0.2, 0) is 12.5 Å². The zero-order valence-electron chi connectivity index (χ0n) is 26.5. The van der Waals surface area contributed by atoms with Crippen molar-refractivity contribution in [2.45, 2.75) is 40.0 Å². The monoisotopic (exact) mass is 524 g/mol. The second kappa shape index (κ2) is 9.50. The molecule has 40 heavy (non-hydrogen) atoms. The van der Waals surface area contributed by atoms with Crippen LogP contribution in [0.5, 0.6) is 0 Å². The third kappa shape index (κ3) is 4.27. The van der Waals surface area contributed by atoms with Crippen LogP contribution < -0.4 is 4.57 Å². The second-order valence-electron chi connectivity index (χ2n) is 11.5. The van der Waals surface area contributed by atoms with Gasteiger partial charge in [-0.2, -0.15) is 5.26 Å². The van der Waals surface area contributed by atoms with Crippen molar-refractivity contribution in [2.75, 3.05) is 0 Å². The lowest BCUT2D eigenvalue weighted by Crippen LogP contribution is -2.30. The van der Waals surface area contributed by atoms with E-state index in [4.69, 9.17) is 8.53 Å². The molecule has 0 aliphatic carbocycles. The highest BCUT2D eigenvalue weighted by atomic mass is 16.3. The molecule has 0 bridgehead atoms. The summed E-state index contributed by atoms with van der Waals surface area (Å²) in [7, 11) is 1.89. The van der Waals surface area contributed by atoms with Crippen molar-refractivity contribution in [1.29, 1.82) is 5.26 Å². The maximum Gasteiger partial charge on any atom is 0.216 e. The van der Waals surface area contributed by atoms with E-state index in [9.17, 15) is 5.26 Å². The van der Waals surface area contributed by atoms with Crippen molar-refractivity contribution in [1.82, 2.24) is 0 Å². The summed E-state index contributed by atoms with van der Waals surface area (Å²) in [5, 5.41) is 12.1. The summed E-state index contributed by atoms with van der Waals surface area (Å²) < 4.78 is 32.2. The van der Waals surface area contributed by atoms with Gasteiger partial charge in [0.2, 0.25) is 5.69 Å². The van der Waals surface area contributed by atoms with E-state index in [0.717, 1.165) is 49.8 Å². The average molecular weight is 525 g/mol. The van der Waals surface area contributed by atoms with Gasteiger partial charge in [-0.1, -0.05) is 87.5 Å². The Hall–Kier alpha value is -4.68. The Morgan fingerprint density at radius 3 is 2.08 bits per heavy atom. The van der Waals surface area contributed by atoms with Crippen molar-refractivity contribution in [3.63, 3.8) is 0 Å². The molecule has 0 amide bonds. The van der Waals surface area contributed by atoms with Crippen LogP contribution in [0, 0.1) is 25.1 Å². The number of pyridine rings is 1. The third-order valence-corrected chi connectivity index (χ3v) is 7.82. The van der Waals surface area contributed by atoms with Crippen LogP contribution in [0.2, 0.25) is 0 Å². The van der Waals surface area contributed by atoms with Crippen LogP contribution in [0.25, 0.3) is 55.4 Å². The molecule has 0 aliphatic heterocycles. The summed E-state index contributed by atoms with van der Waals surface area (Å²) in [6.07, 6.45) is 1.76. The van der Waals surface area contributed by atoms with Crippen molar-refractivity contribution >= 4 is 21.9 Å². The number of rotatable bonds is 3. The molecule has 3 nitrogen and oxygen atoms in total. The Labute approximate surface area is 240 Å². The summed E-state index contributed by atoms with van der Waals surface area (Å²) in [6.45, 7) is 6.39. The maximum atomic E-state index is 10.4. The Morgan fingerprint density at radius 1 is 0.800 bits per heavy atom. The van der Waals surface area contributed by atoms with E-state index in [2.05, 4.69) is 63.2 Å². The average Bonchev–Trinajstić information content (AvgIpc) is 3.35. The van der Waals surface area contributed by atoms with Gasteiger partial charge in [0.15, 0.2) is 11.8 Å². The van der Waals surface area contributed by atoms with E-state index in [1.54, 1.807) is 18.3 Å². The number of fused-ring (bicyclic) bond motifs is 3. The number of hydrogen-bond donors (Lipinski definition) is 0. The highest BCUT2D eigenvalue weighted by molar-refractivity contribution is 6.12. The quantitative estimate of drug-likeness (QED) is 0.217. The molecule has 0 radical (unpaired) electrons. The van der Waals surface area contributed by atoms with E-state index in [1.165, 1.54) is 5.56 Å². The lowest BCUT2D eigenvalue weighted by molar-refractivity contribution is -0.660. The van der Waals surface area contributed by atoms with E-state index in [-0.39, 0.29) is 11.0 Å². The molecule has 2 aromatic heterocycles. The largest absolute Gasteiger partial charge is 0.454 e. The molecule has 3 heteroatoms. The van der Waals surface area contributed by atoms with Gasteiger partial charge in [-0.25, -0.2) is 4.57 Å². The van der Waals surface area contributed by atoms with Crippen molar-refractivity contribution in [3.05, 3.63) is 113 Å². The molecular formula is C37H33N2O+. The van der Waals surface area contributed by atoms with Gasteiger partial charge in [0, 0.05) is 32.6 Å². The van der Waals surface area contributed by atoms with Gasteiger partial charge < -0.3 is 4.42 Å². The zero-order chi connectivity index (χ0) is 30.7. The lowest BCUT2D eigenvalue weighted by atomic mass is 9.86. The minimum atomic E-state index is -2.23. The molecule has 2 heterocycles. The summed E-state index contributed by atoms with van der Waals surface area (Å²) in [5.41, 5.74) is 9.79. The number of nitrogens with zero attached hydrogens (tertiary/aromatic N) is 2. The summed E-state index contributed by atoms with van der Waals surface area (Å²) in [4.78, 5) is 0. The second-order valence-corrected chi connectivity index (χ2v) is 11.5. The van der Waals surface area contributed by atoms with Gasteiger partial charge in [0.05, 0.1) is 5.56 Å². The topological polar surface area (TPSA) is 40.8 Å². The number of aromatic nitrogens is 1. The minimum Gasteiger partial charge on any atom is -0.454 e. The first-order chi connectivity index (χ1) is 20.4. The molecule has 4 aromatic carbocycles. The molecule has 0 saturated carbocycles. The van der Waals surface area contributed by atoms with Crippen molar-refractivity contribution < 1.29 is 13.1 Å². The van der Waals surface area contributed by atoms with E-state index in [1.807, 2.05) is 54.9 Å². The van der Waals surface area contributed by atoms with Gasteiger partial charge in [-0.3, -0.25) is 0 Å². The molecule has 0 aliphatic rings. The molecule has 0 N–H and O–H groups in total. The fourth-order valence-corrected chi connectivity index (χ4v) is 5.49. The smallest absolute Gasteiger partial charge is 0.216 e. The van der Waals surface area contributed by atoms with E-state index < -0.39 is 6.85 Å². The maximum absolute atomic E-state index is 10.4. The summed E-state index contributed by atoms with van der Waals surface area (Å²) >= 11 is 0. The molecular weight excluding hydrogens is 488 g/mol. The van der Waals surface area contributed by atoms with Crippen molar-refractivity contribution in [3.8, 4) is 39.6 Å².